The monoisotopic (exact) mass is 382 g/mol. The predicted octanol–water partition coefficient (Wildman–Crippen LogP) is 2.99. The lowest BCUT2D eigenvalue weighted by atomic mass is 10.1. The number of halogens is 3. The highest BCUT2D eigenvalue weighted by atomic mass is 32.2. The molecule has 2 aromatic rings. The summed E-state index contributed by atoms with van der Waals surface area (Å²) < 4.78 is 64.5. The van der Waals surface area contributed by atoms with E-state index in [9.17, 15) is 21.6 Å². The van der Waals surface area contributed by atoms with Crippen molar-refractivity contribution in [2.75, 3.05) is 0 Å². The Morgan fingerprint density at radius 3 is 2.58 bits per heavy atom. The second-order valence-electron chi connectivity index (χ2n) is 5.41. The first-order valence-electron chi connectivity index (χ1n) is 7.28. The molecule has 0 aliphatic rings. The summed E-state index contributed by atoms with van der Waals surface area (Å²) in [5.41, 5.74) is -1.42. The van der Waals surface area contributed by atoms with Crippen LogP contribution in [-0.4, -0.2) is 29.3 Å². The Morgan fingerprint density at radius 2 is 1.96 bits per heavy atom. The van der Waals surface area contributed by atoms with Crippen molar-refractivity contribution in [2.24, 2.45) is 0 Å². The molecule has 6 nitrogen and oxygen atoms in total. The molecule has 2 rings (SSSR count). The molecule has 0 fully saturated rings. The van der Waals surface area contributed by atoms with E-state index in [1.165, 1.54) is 25.3 Å². The molecular formula is C16H13F3N4O2S. The van der Waals surface area contributed by atoms with Gasteiger partial charge in [-0.25, -0.2) is 18.4 Å². The van der Waals surface area contributed by atoms with Crippen molar-refractivity contribution < 1.29 is 21.6 Å². The highest BCUT2D eigenvalue weighted by Gasteiger charge is 2.38. The van der Waals surface area contributed by atoms with E-state index in [-0.39, 0.29) is 23.7 Å². The summed E-state index contributed by atoms with van der Waals surface area (Å²) in [4.78, 5) is 6.60. The molecule has 1 atom stereocenters. The minimum Gasteiger partial charge on any atom is -0.303 e. The van der Waals surface area contributed by atoms with E-state index in [1.807, 2.05) is 0 Å². The van der Waals surface area contributed by atoms with Crippen molar-refractivity contribution in [3.05, 3.63) is 53.6 Å². The maximum Gasteiger partial charge on any atom is 0.417 e. The molecule has 26 heavy (non-hydrogen) atoms. The molecular weight excluding hydrogens is 369 g/mol. The van der Waals surface area contributed by atoms with Gasteiger partial charge in [0.25, 0.3) is 0 Å². The molecule has 0 saturated carbocycles. The summed E-state index contributed by atoms with van der Waals surface area (Å²) >= 11 is 0. The summed E-state index contributed by atoms with van der Waals surface area (Å²) in [6, 6.07) is 6.94. The molecule has 136 valence electrons. The van der Waals surface area contributed by atoms with Crippen LogP contribution in [0, 0.1) is 16.7 Å². The topological polar surface area (TPSA) is 108 Å². The van der Waals surface area contributed by atoms with E-state index in [2.05, 4.69) is 9.97 Å². The molecule has 0 amide bonds. The zero-order valence-electron chi connectivity index (χ0n) is 13.4. The van der Waals surface area contributed by atoms with E-state index in [0.29, 0.717) is 6.07 Å². The average Bonchev–Trinajstić information content (AvgIpc) is 2.60. The molecule has 1 heterocycles. The third-order valence-electron chi connectivity index (χ3n) is 3.59. The summed E-state index contributed by atoms with van der Waals surface area (Å²) in [7, 11) is -4.34. The van der Waals surface area contributed by atoms with Crippen LogP contribution in [0.2, 0.25) is 0 Å². The first kappa shape index (κ1) is 19.5. The number of sulfone groups is 1. The van der Waals surface area contributed by atoms with Crippen molar-refractivity contribution >= 4 is 15.5 Å². The van der Waals surface area contributed by atoms with E-state index >= 15 is 0 Å². The fraction of sp³-hybridized carbons (Fsp3) is 0.250. The zero-order chi connectivity index (χ0) is 19.5. The number of aromatic nitrogens is 2. The largest absolute Gasteiger partial charge is 0.417 e. The third-order valence-corrected chi connectivity index (χ3v) is 5.78. The van der Waals surface area contributed by atoms with Gasteiger partial charge in [-0.2, -0.15) is 18.4 Å². The van der Waals surface area contributed by atoms with E-state index in [0.717, 1.165) is 12.1 Å². The Hall–Kier alpha value is -2.80. The molecule has 0 saturated heterocycles. The van der Waals surface area contributed by atoms with Crippen LogP contribution in [0.3, 0.4) is 0 Å². The van der Waals surface area contributed by atoms with Gasteiger partial charge in [0.05, 0.1) is 27.1 Å². The van der Waals surface area contributed by atoms with Gasteiger partial charge in [0.15, 0.2) is 9.84 Å². The predicted molar refractivity (Wildman–Crippen MR) is 86.3 cm³/mol. The second kappa shape index (κ2) is 7.21. The highest BCUT2D eigenvalue weighted by molar-refractivity contribution is 7.92. The highest BCUT2D eigenvalue weighted by Crippen LogP contribution is 2.35. The summed E-state index contributed by atoms with van der Waals surface area (Å²) in [5.74, 6) is -0.190. The van der Waals surface area contributed by atoms with Gasteiger partial charge in [0, 0.05) is 12.6 Å². The van der Waals surface area contributed by atoms with Gasteiger partial charge in [-0.1, -0.05) is 12.1 Å². The molecule has 1 aromatic carbocycles. The molecule has 10 heteroatoms. The Labute approximate surface area is 147 Å². The van der Waals surface area contributed by atoms with E-state index < -0.39 is 31.7 Å². The number of benzene rings is 1. The van der Waals surface area contributed by atoms with Crippen LogP contribution in [0.5, 0.6) is 0 Å². The van der Waals surface area contributed by atoms with Crippen molar-refractivity contribution in [2.45, 2.75) is 29.7 Å². The lowest BCUT2D eigenvalue weighted by Crippen LogP contribution is -2.25. The second-order valence-corrected chi connectivity index (χ2v) is 7.74. The standard InChI is InChI=1S/C16H13F3N4O2S/c1-10(8-12(21)13-6-7-22-15(9-20)23-13)26(24,25)14-5-3-2-4-11(14)16(17,18)19/h2-7,10,21H,8H2,1H3/t10-/m0/s1. The summed E-state index contributed by atoms with van der Waals surface area (Å²) in [6.07, 6.45) is -3.94. The Bertz CT molecular complexity index is 981. The third kappa shape index (κ3) is 4.05. The maximum absolute atomic E-state index is 13.1. The molecule has 0 aliphatic carbocycles. The van der Waals surface area contributed by atoms with Gasteiger partial charge < -0.3 is 5.41 Å². The molecule has 0 aliphatic heterocycles. The fourth-order valence-corrected chi connectivity index (χ4v) is 3.83. The Kier molecular flexibility index (Phi) is 5.41. The quantitative estimate of drug-likeness (QED) is 0.800. The number of hydrogen-bond donors (Lipinski definition) is 1. The minimum atomic E-state index is -4.81. The Balaban J connectivity index is 2.33. The first-order valence-corrected chi connectivity index (χ1v) is 8.83. The van der Waals surface area contributed by atoms with Crippen molar-refractivity contribution in [1.29, 1.82) is 10.7 Å². The van der Waals surface area contributed by atoms with Gasteiger partial charge in [-0.15, -0.1) is 0 Å². The molecule has 0 radical (unpaired) electrons. The lowest BCUT2D eigenvalue weighted by Gasteiger charge is -2.17. The molecule has 1 N–H and O–H groups in total. The van der Waals surface area contributed by atoms with E-state index in [4.69, 9.17) is 10.7 Å². The Morgan fingerprint density at radius 1 is 1.31 bits per heavy atom. The van der Waals surface area contributed by atoms with Crippen LogP contribution in [0.15, 0.2) is 41.4 Å². The van der Waals surface area contributed by atoms with Gasteiger partial charge in [-0.05, 0) is 25.1 Å². The number of nitrogens with one attached hydrogen (secondary N) is 1. The number of rotatable bonds is 5. The van der Waals surface area contributed by atoms with Crippen LogP contribution in [0.25, 0.3) is 0 Å². The van der Waals surface area contributed by atoms with Crippen LogP contribution >= 0.6 is 0 Å². The van der Waals surface area contributed by atoms with Gasteiger partial charge >= 0.3 is 6.18 Å². The minimum absolute atomic E-state index is 0.0442. The number of nitriles is 1. The summed E-state index contributed by atoms with van der Waals surface area (Å²) in [5, 5.41) is 15.4. The van der Waals surface area contributed by atoms with Crippen molar-refractivity contribution in [3.8, 4) is 6.07 Å². The van der Waals surface area contributed by atoms with Crippen molar-refractivity contribution in [3.63, 3.8) is 0 Å². The van der Waals surface area contributed by atoms with E-state index in [1.54, 1.807) is 6.07 Å². The normalized spacial score (nSPS) is 13.0. The lowest BCUT2D eigenvalue weighted by molar-refractivity contribution is -0.139. The molecule has 1 aromatic heterocycles. The first-order chi connectivity index (χ1) is 12.1. The van der Waals surface area contributed by atoms with Crippen LogP contribution in [0.1, 0.15) is 30.4 Å². The van der Waals surface area contributed by atoms with Gasteiger partial charge in [-0.3, -0.25) is 0 Å². The summed E-state index contributed by atoms with van der Waals surface area (Å²) in [6.45, 7) is 1.23. The number of alkyl halides is 3. The van der Waals surface area contributed by atoms with Gasteiger partial charge in [0.1, 0.15) is 6.07 Å². The maximum atomic E-state index is 13.1. The van der Waals surface area contributed by atoms with Crippen LogP contribution < -0.4 is 0 Å². The fourth-order valence-electron chi connectivity index (χ4n) is 2.25. The average molecular weight is 382 g/mol. The molecule has 0 spiro atoms. The van der Waals surface area contributed by atoms with Crippen LogP contribution in [-0.2, 0) is 16.0 Å². The van der Waals surface area contributed by atoms with Crippen LogP contribution in [0.4, 0.5) is 13.2 Å². The zero-order valence-corrected chi connectivity index (χ0v) is 14.3. The molecule has 0 unspecified atom stereocenters. The number of hydrogen-bond acceptors (Lipinski definition) is 6. The van der Waals surface area contributed by atoms with Crippen molar-refractivity contribution in [1.82, 2.24) is 9.97 Å². The molecule has 0 bridgehead atoms. The number of nitrogens with zero attached hydrogens (tertiary/aromatic N) is 3. The van der Waals surface area contributed by atoms with Gasteiger partial charge in [0.2, 0.25) is 5.82 Å². The SMILES string of the molecule is C[C@@H](CC(=N)c1ccnc(C#N)n1)S(=O)(=O)c1ccccc1C(F)(F)F. The smallest absolute Gasteiger partial charge is 0.303 e.